The number of rotatable bonds is 1. The average Bonchev–Trinajstić information content (AvgIpc) is 3.14. The summed E-state index contributed by atoms with van der Waals surface area (Å²) in [5, 5.41) is 3.19. The van der Waals surface area contributed by atoms with Gasteiger partial charge in [0.1, 0.15) is 0 Å². The van der Waals surface area contributed by atoms with Crippen molar-refractivity contribution < 1.29 is 9.59 Å². The molecule has 0 radical (unpaired) electrons. The Morgan fingerprint density at radius 2 is 1.56 bits per heavy atom. The molecule has 0 N–H and O–H groups in total. The first-order valence-electron chi connectivity index (χ1n) is 7.96. The van der Waals surface area contributed by atoms with Crippen LogP contribution in [0.5, 0.6) is 0 Å². The smallest absolute Gasteiger partial charge is 0.258 e. The summed E-state index contributed by atoms with van der Waals surface area (Å²) in [6.07, 6.45) is 0.347. The standard InChI is InChI=1S/C20H11BrN2O2/c21-12-4-1-10(2-5-12)17-15-8-7-13-14(19(15)23-20(17)25)6-3-11-9-16(24)22-18(11)13/h1-8,17H,9H2. The summed E-state index contributed by atoms with van der Waals surface area (Å²) < 4.78 is 0.971. The van der Waals surface area contributed by atoms with Crippen molar-refractivity contribution in [3.8, 4) is 0 Å². The molecule has 0 aliphatic carbocycles. The third kappa shape index (κ3) is 2.12. The summed E-state index contributed by atoms with van der Waals surface area (Å²) in [6, 6.07) is 15.5. The molecule has 0 spiro atoms. The number of nitrogens with zero attached hydrogens (tertiary/aromatic N) is 2. The molecule has 2 aliphatic heterocycles. The molecule has 1 atom stereocenters. The van der Waals surface area contributed by atoms with Gasteiger partial charge in [0.15, 0.2) is 0 Å². The Kier molecular flexibility index (Phi) is 3.03. The van der Waals surface area contributed by atoms with Gasteiger partial charge < -0.3 is 0 Å². The number of hydrogen-bond donors (Lipinski definition) is 0. The molecule has 0 saturated carbocycles. The topological polar surface area (TPSA) is 58.9 Å². The van der Waals surface area contributed by atoms with Crippen LogP contribution < -0.4 is 10.7 Å². The molecule has 5 heteroatoms. The van der Waals surface area contributed by atoms with Gasteiger partial charge in [-0.25, -0.2) is 9.98 Å². The number of fused-ring (bicyclic) bond motifs is 5. The van der Waals surface area contributed by atoms with Crippen molar-refractivity contribution in [3.05, 3.63) is 80.4 Å². The van der Waals surface area contributed by atoms with Crippen LogP contribution in [0.2, 0.25) is 0 Å². The number of halogens is 1. The largest absolute Gasteiger partial charge is 0.272 e. The van der Waals surface area contributed by atoms with Crippen molar-refractivity contribution in [3.63, 3.8) is 0 Å². The van der Waals surface area contributed by atoms with Crippen molar-refractivity contribution in [2.45, 2.75) is 12.3 Å². The van der Waals surface area contributed by atoms with Gasteiger partial charge in [0.25, 0.3) is 11.8 Å². The van der Waals surface area contributed by atoms with Gasteiger partial charge in [-0.2, -0.15) is 0 Å². The predicted octanol–water partition coefficient (Wildman–Crippen LogP) is 2.60. The van der Waals surface area contributed by atoms with Crippen molar-refractivity contribution in [1.82, 2.24) is 0 Å². The molecule has 0 aromatic heterocycles. The van der Waals surface area contributed by atoms with Gasteiger partial charge >= 0.3 is 0 Å². The molecule has 0 bridgehead atoms. The molecule has 2 amide bonds. The molecule has 1 unspecified atom stereocenters. The van der Waals surface area contributed by atoms with E-state index >= 15 is 0 Å². The van der Waals surface area contributed by atoms with Crippen LogP contribution in [0.3, 0.4) is 0 Å². The van der Waals surface area contributed by atoms with Crippen LogP contribution in [0.25, 0.3) is 10.8 Å². The van der Waals surface area contributed by atoms with E-state index in [1.54, 1.807) is 0 Å². The third-order valence-corrected chi connectivity index (χ3v) is 5.35. The molecule has 0 saturated heterocycles. The fourth-order valence-electron chi connectivity index (χ4n) is 3.68. The van der Waals surface area contributed by atoms with Gasteiger partial charge in [0, 0.05) is 15.2 Å². The number of benzene rings is 3. The second kappa shape index (κ2) is 5.17. The number of carbonyl (C=O) groups is 2. The highest BCUT2D eigenvalue weighted by atomic mass is 79.9. The van der Waals surface area contributed by atoms with Crippen LogP contribution >= 0.6 is 15.9 Å². The first kappa shape index (κ1) is 14.7. The van der Waals surface area contributed by atoms with Crippen molar-refractivity contribution in [2.24, 2.45) is 9.98 Å². The lowest BCUT2D eigenvalue weighted by Gasteiger charge is -2.10. The molecule has 25 heavy (non-hydrogen) atoms. The first-order chi connectivity index (χ1) is 12.1. The van der Waals surface area contributed by atoms with Crippen molar-refractivity contribution >= 4 is 38.5 Å². The first-order valence-corrected chi connectivity index (χ1v) is 8.75. The Hall–Kier alpha value is -2.66. The molecule has 4 nitrogen and oxygen atoms in total. The third-order valence-electron chi connectivity index (χ3n) is 4.82. The quantitative estimate of drug-likeness (QED) is 0.641. The van der Waals surface area contributed by atoms with Crippen LogP contribution in [0.15, 0.2) is 63.0 Å². The Labute approximate surface area is 151 Å². The fraction of sp³-hybridized carbons (Fsp3) is 0.100. The van der Waals surface area contributed by atoms with E-state index in [4.69, 9.17) is 0 Å². The van der Waals surface area contributed by atoms with Gasteiger partial charge in [-0.1, -0.05) is 52.3 Å². The minimum absolute atomic E-state index is 0.122. The lowest BCUT2D eigenvalue weighted by Crippen LogP contribution is -2.14. The number of hydrogen-bond acceptors (Lipinski definition) is 2. The van der Waals surface area contributed by atoms with Crippen molar-refractivity contribution in [1.29, 1.82) is 0 Å². The highest BCUT2D eigenvalue weighted by molar-refractivity contribution is 9.10. The molecule has 3 aromatic carbocycles. The summed E-state index contributed by atoms with van der Waals surface area (Å²) in [4.78, 5) is 32.7. The summed E-state index contributed by atoms with van der Waals surface area (Å²) in [6.45, 7) is 0. The van der Waals surface area contributed by atoms with E-state index in [0.717, 1.165) is 37.3 Å². The number of amides is 2. The zero-order chi connectivity index (χ0) is 17.1. The van der Waals surface area contributed by atoms with Gasteiger partial charge in [-0.15, -0.1) is 0 Å². The normalized spacial score (nSPS) is 18.0. The molecule has 2 aliphatic rings. The summed E-state index contributed by atoms with van der Waals surface area (Å²) in [5.74, 6) is -0.651. The molecular formula is C20H11BrN2O2. The highest BCUT2D eigenvalue weighted by Gasteiger charge is 2.30. The summed E-state index contributed by atoms with van der Waals surface area (Å²) >= 11 is 3.42. The lowest BCUT2D eigenvalue weighted by atomic mass is 9.90. The Morgan fingerprint density at radius 3 is 2.36 bits per heavy atom. The second-order valence-electron chi connectivity index (χ2n) is 6.29. The molecule has 2 heterocycles. The maximum absolute atomic E-state index is 12.6. The second-order valence-corrected chi connectivity index (χ2v) is 7.20. The van der Waals surface area contributed by atoms with E-state index in [9.17, 15) is 9.59 Å². The van der Waals surface area contributed by atoms with E-state index in [1.807, 2.05) is 48.5 Å². The summed E-state index contributed by atoms with van der Waals surface area (Å²) in [5.41, 5.74) is 2.77. The zero-order valence-corrected chi connectivity index (χ0v) is 14.6. The summed E-state index contributed by atoms with van der Waals surface area (Å²) in [7, 11) is 0. The van der Waals surface area contributed by atoms with Crippen LogP contribution in [0, 0.1) is 0 Å². The van der Waals surface area contributed by atoms with Crippen LogP contribution in [-0.2, 0) is 16.0 Å². The van der Waals surface area contributed by atoms with E-state index in [2.05, 4.69) is 25.9 Å². The number of carbonyl (C=O) groups excluding carboxylic acids is 2. The van der Waals surface area contributed by atoms with Crippen LogP contribution in [-0.4, -0.2) is 11.8 Å². The highest BCUT2D eigenvalue weighted by Crippen LogP contribution is 2.29. The van der Waals surface area contributed by atoms with Crippen LogP contribution in [0.4, 0.5) is 0 Å². The average molecular weight is 391 g/mol. The van der Waals surface area contributed by atoms with Gasteiger partial charge in [0.05, 0.1) is 23.1 Å². The van der Waals surface area contributed by atoms with E-state index in [-0.39, 0.29) is 17.7 Å². The minimum Gasteiger partial charge on any atom is -0.272 e. The molecular weight excluding hydrogens is 380 g/mol. The van der Waals surface area contributed by atoms with Crippen LogP contribution in [0.1, 0.15) is 22.6 Å². The Morgan fingerprint density at radius 1 is 0.840 bits per heavy atom. The van der Waals surface area contributed by atoms with Gasteiger partial charge in [-0.05, 0) is 28.8 Å². The molecule has 120 valence electrons. The predicted molar refractivity (Wildman–Crippen MR) is 96.0 cm³/mol. The van der Waals surface area contributed by atoms with E-state index in [0.29, 0.717) is 11.8 Å². The van der Waals surface area contributed by atoms with Gasteiger partial charge in [0.2, 0.25) is 0 Å². The molecule has 0 fully saturated rings. The van der Waals surface area contributed by atoms with E-state index in [1.165, 1.54) is 0 Å². The maximum atomic E-state index is 12.6. The van der Waals surface area contributed by atoms with E-state index < -0.39 is 0 Å². The Bertz CT molecular complexity index is 1210. The molecule has 3 aromatic rings. The van der Waals surface area contributed by atoms with Crippen molar-refractivity contribution in [2.75, 3.05) is 0 Å². The fourth-order valence-corrected chi connectivity index (χ4v) is 3.94. The molecule has 5 rings (SSSR count). The minimum atomic E-state index is -0.376. The van der Waals surface area contributed by atoms with Gasteiger partial charge in [-0.3, -0.25) is 9.59 Å². The lowest BCUT2D eigenvalue weighted by molar-refractivity contribution is -0.118. The SMILES string of the molecule is O=C1Cc2ccc3c4c(ccc3c2=N1)C(c1ccc(Br)cc1)C(=O)N=4. The zero-order valence-electron chi connectivity index (χ0n) is 13.0. The monoisotopic (exact) mass is 390 g/mol. The maximum Gasteiger partial charge on any atom is 0.258 e. The Balaban J connectivity index is 1.78.